The number of hydrogen-bond acceptors (Lipinski definition) is 2. The second-order valence-electron chi connectivity index (χ2n) is 4.45. The summed E-state index contributed by atoms with van der Waals surface area (Å²) in [6.07, 6.45) is 3.50. The summed E-state index contributed by atoms with van der Waals surface area (Å²) in [7, 11) is 0. The molecule has 0 radical (unpaired) electrons. The molecule has 0 aliphatic heterocycles. The van der Waals surface area contributed by atoms with Crippen molar-refractivity contribution in [3.8, 4) is 28.3 Å². The first kappa shape index (κ1) is 12.1. The molecular formula is C18H12N2. The van der Waals surface area contributed by atoms with Gasteiger partial charge in [-0.2, -0.15) is 5.26 Å². The standard InChI is InChI=1S/C18H12N2/c19-11-16-17(14-7-3-1-4-8-14)12-20-13-18(16)15-9-5-2-6-10-15/h1-10,12-13H. The van der Waals surface area contributed by atoms with E-state index in [1.807, 2.05) is 60.7 Å². The Hall–Kier alpha value is -2.92. The summed E-state index contributed by atoms with van der Waals surface area (Å²) < 4.78 is 0. The molecule has 0 amide bonds. The number of hydrogen-bond donors (Lipinski definition) is 0. The lowest BCUT2D eigenvalue weighted by Gasteiger charge is -2.09. The monoisotopic (exact) mass is 256 g/mol. The normalized spacial score (nSPS) is 9.95. The Morgan fingerprint density at radius 3 is 1.55 bits per heavy atom. The Bertz CT molecular complexity index is 699. The van der Waals surface area contributed by atoms with Crippen LogP contribution in [0.4, 0.5) is 0 Å². The fourth-order valence-corrected chi connectivity index (χ4v) is 2.25. The van der Waals surface area contributed by atoms with Gasteiger partial charge in [0.2, 0.25) is 0 Å². The maximum Gasteiger partial charge on any atom is 0.101 e. The molecule has 20 heavy (non-hydrogen) atoms. The van der Waals surface area contributed by atoms with E-state index < -0.39 is 0 Å². The van der Waals surface area contributed by atoms with Gasteiger partial charge < -0.3 is 0 Å². The molecule has 2 nitrogen and oxygen atoms in total. The van der Waals surface area contributed by atoms with E-state index in [0.717, 1.165) is 22.3 Å². The van der Waals surface area contributed by atoms with E-state index in [1.54, 1.807) is 12.4 Å². The summed E-state index contributed by atoms with van der Waals surface area (Å²) in [5, 5.41) is 9.54. The first-order valence-corrected chi connectivity index (χ1v) is 6.39. The minimum Gasteiger partial charge on any atom is -0.263 e. The Morgan fingerprint density at radius 2 is 1.15 bits per heavy atom. The first-order valence-electron chi connectivity index (χ1n) is 6.39. The van der Waals surface area contributed by atoms with Crippen molar-refractivity contribution in [2.45, 2.75) is 0 Å². The maximum absolute atomic E-state index is 9.54. The molecule has 94 valence electrons. The number of aromatic nitrogens is 1. The lowest BCUT2D eigenvalue weighted by Crippen LogP contribution is -1.91. The first-order chi connectivity index (χ1) is 9.90. The maximum atomic E-state index is 9.54. The molecule has 0 N–H and O–H groups in total. The zero-order valence-electron chi connectivity index (χ0n) is 10.8. The average Bonchev–Trinajstić information content (AvgIpc) is 2.55. The fourth-order valence-electron chi connectivity index (χ4n) is 2.25. The lowest BCUT2D eigenvalue weighted by molar-refractivity contribution is 1.31. The van der Waals surface area contributed by atoms with Crippen LogP contribution in [0.2, 0.25) is 0 Å². The van der Waals surface area contributed by atoms with Crippen LogP contribution in [0.25, 0.3) is 22.3 Å². The minimum atomic E-state index is 0.664. The Balaban J connectivity index is 2.22. The van der Waals surface area contributed by atoms with Gasteiger partial charge in [-0.05, 0) is 11.1 Å². The third kappa shape index (κ3) is 2.17. The molecule has 0 bridgehead atoms. The van der Waals surface area contributed by atoms with Crippen LogP contribution in [0.3, 0.4) is 0 Å². The van der Waals surface area contributed by atoms with Crippen molar-refractivity contribution in [2.75, 3.05) is 0 Å². The summed E-state index contributed by atoms with van der Waals surface area (Å²) in [4.78, 5) is 4.29. The summed E-state index contributed by atoms with van der Waals surface area (Å²) >= 11 is 0. The number of benzene rings is 2. The van der Waals surface area contributed by atoms with Crippen molar-refractivity contribution in [2.24, 2.45) is 0 Å². The zero-order valence-corrected chi connectivity index (χ0v) is 10.8. The van der Waals surface area contributed by atoms with Crippen molar-refractivity contribution in [1.82, 2.24) is 4.98 Å². The van der Waals surface area contributed by atoms with E-state index in [-0.39, 0.29) is 0 Å². The van der Waals surface area contributed by atoms with Gasteiger partial charge in [0.15, 0.2) is 0 Å². The van der Waals surface area contributed by atoms with Crippen LogP contribution in [-0.4, -0.2) is 4.98 Å². The van der Waals surface area contributed by atoms with Gasteiger partial charge in [-0.1, -0.05) is 60.7 Å². The van der Waals surface area contributed by atoms with E-state index in [9.17, 15) is 5.26 Å². The molecule has 2 aromatic carbocycles. The lowest BCUT2D eigenvalue weighted by atomic mass is 9.95. The zero-order chi connectivity index (χ0) is 13.8. The van der Waals surface area contributed by atoms with E-state index in [4.69, 9.17) is 0 Å². The quantitative estimate of drug-likeness (QED) is 0.686. The van der Waals surface area contributed by atoms with Gasteiger partial charge in [-0.15, -0.1) is 0 Å². The predicted molar refractivity (Wildman–Crippen MR) is 79.8 cm³/mol. The van der Waals surface area contributed by atoms with Gasteiger partial charge >= 0.3 is 0 Å². The third-order valence-electron chi connectivity index (χ3n) is 3.23. The number of pyridine rings is 1. The van der Waals surface area contributed by atoms with Gasteiger partial charge in [0.1, 0.15) is 6.07 Å². The fraction of sp³-hybridized carbons (Fsp3) is 0. The van der Waals surface area contributed by atoms with E-state index in [2.05, 4.69) is 11.1 Å². The van der Waals surface area contributed by atoms with Crippen LogP contribution in [0.15, 0.2) is 73.1 Å². The van der Waals surface area contributed by atoms with E-state index >= 15 is 0 Å². The highest BCUT2D eigenvalue weighted by atomic mass is 14.6. The number of nitriles is 1. The molecule has 3 rings (SSSR count). The van der Waals surface area contributed by atoms with Crippen molar-refractivity contribution in [1.29, 1.82) is 5.26 Å². The SMILES string of the molecule is N#Cc1c(-c2ccccc2)cncc1-c1ccccc1. The molecule has 0 spiro atoms. The van der Waals surface area contributed by atoms with Crippen molar-refractivity contribution in [3.05, 3.63) is 78.6 Å². The highest BCUT2D eigenvalue weighted by Crippen LogP contribution is 2.30. The van der Waals surface area contributed by atoms with Crippen LogP contribution < -0.4 is 0 Å². The van der Waals surface area contributed by atoms with Crippen LogP contribution in [-0.2, 0) is 0 Å². The van der Waals surface area contributed by atoms with Gasteiger partial charge in [0, 0.05) is 23.5 Å². The molecular weight excluding hydrogens is 244 g/mol. The second-order valence-corrected chi connectivity index (χ2v) is 4.45. The van der Waals surface area contributed by atoms with Crippen LogP contribution >= 0.6 is 0 Å². The molecule has 0 unspecified atom stereocenters. The minimum absolute atomic E-state index is 0.664. The Kier molecular flexibility index (Phi) is 3.26. The molecule has 2 heteroatoms. The highest BCUT2D eigenvalue weighted by molar-refractivity contribution is 5.80. The summed E-state index contributed by atoms with van der Waals surface area (Å²) in [5.41, 5.74) is 4.42. The predicted octanol–water partition coefficient (Wildman–Crippen LogP) is 4.29. The van der Waals surface area contributed by atoms with Crippen LogP contribution in [0, 0.1) is 11.3 Å². The number of nitrogens with zero attached hydrogens (tertiary/aromatic N) is 2. The summed E-state index contributed by atoms with van der Waals surface area (Å²) in [6, 6.07) is 22.1. The van der Waals surface area contributed by atoms with Crippen molar-refractivity contribution in [3.63, 3.8) is 0 Å². The topological polar surface area (TPSA) is 36.7 Å². The number of rotatable bonds is 2. The van der Waals surface area contributed by atoms with Gasteiger partial charge in [0.25, 0.3) is 0 Å². The van der Waals surface area contributed by atoms with Crippen molar-refractivity contribution >= 4 is 0 Å². The van der Waals surface area contributed by atoms with Crippen LogP contribution in [0.1, 0.15) is 5.56 Å². The summed E-state index contributed by atoms with van der Waals surface area (Å²) in [5.74, 6) is 0. The molecule has 3 aromatic rings. The van der Waals surface area contributed by atoms with E-state index in [1.165, 1.54) is 0 Å². The molecule has 1 aromatic heterocycles. The highest BCUT2D eigenvalue weighted by Gasteiger charge is 2.11. The molecule has 0 aliphatic rings. The summed E-state index contributed by atoms with van der Waals surface area (Å²) in [6.45, 7) is 0. The van der Waals surface area contributed by atoms with Gasteiger partial charge in [-0.3, -0.25) is 4.98 Å². The van der Waals surface area contributed by atoms with E-state index in [0.29, 0.717) is 5.56 Å². The molecule has 0 aliphatic carbocycles. The van der Waals surface area contributed by atoms with Crippen molar-refractivity contribution < 1.29 is 0 Å². The average molecular weight is 256 g/mol. The van der Waals surface area contributed by atoms with Gasteiger partial charge in [0.05, 0.1) is 5.56 Å². The molecule has 0 atom stereocenters. The molecule has 0 fully saturated rings. The smallest absolute Gasteiger partial charge is 0.101 e. The largest absolute Gasteiger partial charge is 0.263 e. The Labute approximate surface area is 118 Å². The molecule has 1 heterocycles. The molecule has 0 saturated heterocycles. The second kappa shape index (κ2) is 5.38. The third-order valence-corrected chi connectivity index (χ3v) is 3.23. The molecule has 0 saturated carbocycles. The Morgan fingerprint density at radius 1 is 0.700 bits per heavy atom. The van der Waals surface area contributed by atoms with Gasteiger partial charge in [-0.25, -0.2) is 0 Å². The van der Waals surface area contributed by atoms with Crippen LogP contribution in [0.5, 0.6) is 0 Å².